The van der Waals surface area contributed by atoms with Gasteiger partial charge in [0.25, 0.3) is 5.91 Å². The summed E-state index contributed by atoms with van der Waals surface area (Å²) in [4.78, 5) is 18.7. The fraction of sp³-hybridized carbons (Fsp3) is 0.167. The molecule has 0 fully saturated rings. The van der Waals surface area contributed by atoms with Crippen molar-refractivity contribution in [3.63, 3.8) is 0 Å². The highest BCUT2D eigenvalue weighted by Gasteiger charge is 2.36. The minimum Gasteiger partial charge on any atom is -0.472 e. The maximum atomic E-state index is 13.8. The summed E-state index contributed by atoms with van der Waals surface area (Å²) in [6.45, 7) is 0.732. The Morgan fingerprint density at radius 2 is 1.88 bits per heavy atom. The number of carbonyl (C=O) groups is 1. The lowest BCUT2D eigenvalue weighted by Crippen LogP contribution is -2.35. The zero-order valence-corrected chi connectivity index (χ0v) is 17.9. The maximum absolute atomic E-state index is 13.8. The van der Waals surface area contributed by atoms with E-state index >= 15 is 0 Å². The number of alkyl halides is 3. The van der Waals surface area contributed by atoms with Crippen LogP contribution in [0.1, 0.15) is 28.0 Å². The number of benzene rings is 1. The molecule has 5 rings (SSSR count). The predicted molar refractivity (Wildman–Crippen MR) is 118 cm³/mol. The summed E-state index contributed by atoms with van der Waals surface area (Å²) in [6, 6.07) is 12.3. The van der Waals surface area contributed by atoms with Crippen molar-refractivity contribution in [3.05, 3.63) is 89.2 Å². The van der Waals surface area contributed by atoms with Crippen LogP contribution in [0.2, 0.25) is 5.15 Å². The molecule has 0 atom stereocenters. The van der Waals surface area contributed by atoms with E-state index in [0.717, 1.165) is 21.6 Å². The van der Waals surface area contributed by atoms with E-state index in [1.165, 1.54) is 23.6 Å². The molecule has 1 aliphatic heterocycles. The second-order valence-electron chi connectivity index (χ2n) is 7.69. The van der Waals surface area contributed by atoms with Crippen molar-refractivity contribution in [2.75, 3.05) is 13.1 Å². The Kier molecular flexibility index (Phi) is 5.25. The van der Waals surface area contributed by atoms with Crippen molar-refractivity contribution in [2.45, 2.75) is 12.6 Å². The van der Waals surface area contributed by atoms with Crippen molar-refractivity contribution in [2.24, 2.45) is 0 Å². The highest BCUT2D eigenvalue weighted by molar-refractivity contribution is 6.33. The monoisotopic (exact) mass is 471 g/mol. The molecule has 168 valence electrons. The molecule has 1 aromatic carbocycles. The number of amides is 1. The van der Waals surface area contributed by atoms with Gasteiger partial charge < -0.3 is 9.32 Å². The summed E-state index contributed by atoms with van der Waals surface area (Å²) in [6.07, 6.45) is 2.00. The largest absolute Gasteiger partial charge is 0.472 e. The molecule has 0 N–H and O–H groups in total. The molecule has 0 radical (unpaired) electrons. The first-order valence-electron chi connectivity index (χ1n) is 10.2. The summed E-state index contributed by atoms with van der Waals surface area (Å²) in [7, 11) is 0. The molecule has 9 heteroatoms. The Morgan fingerprint density at radius 3 is 2.52 bits per heavy atom. The van der Waals surface area contributed by atoms with Gasteiger partial charge in [0, 0.05) is 30.4 Å². The Labute approximate surface area is 191 Å². The normalized spacial score (nSPS) is 14.5. The number of hydrogen-bond acceptors (Lipinski definition) is 3. The van der Waals surface area contributed by atoms with Crippen molar-refractivity contribution >= 4 is 28.7 Å². The number of carbonyl (C=O) groups excluding carboxylic acids is 1. The van der Waals surface area contributed by atoms with Gasteiger partial charge in [-0.1, -0.05) is 48.0 Å². The fourth-order valence-electron chi connectivity index (χ4n) is 3.97. The fourth-order valence-corrected chi connectivity index (χ4v) is 4.22. The van der Waals surface area contributed by atoms with Gasteiger partial charge in [-0.15, -0.1) is 0 Å². The number of fused-ring (bicyclic) bond motifs is 1. The van der Waals surface area contributed by atoms with Crippen LogP contribution in [0.15, 0.2) is 71.7 Å². The van der Waals surface area contributed by atoms with E-state index in [1.54, 1.807) is 6.07 Å². The summed E-state index contributed by atoms with van der Waals surface area (Å²) >= 11 is 6.40. The Hall–Kier alpha value is -3.52. The molecule has 4 aromatic rings. The molecule has 0 saturated heterocycles. The maximum Gasteiger partial charge on any atom is 0.420 e. The molecular weight excluding hydrogens is 455 g/mol. The average Bonchev–Trinajstić information content (AvgIpc) is 3.47. The number of hydrogen-bond donors (Lipinski definition) is 0. The van der Waals surface area contributed by atoms with E-state index in [-0.39, 0.29) is 16.4 Å². The zero-order chi connectivity index (χ0) is 23.2. The van der Waals surface area contributed by atoms with E-state index in [2.05, 4.69) is 4.98 Å². The van der Waals surface area contributed by atoms with Crippen LogP contribution in [-0.2, 0) is 6.18 Å². The number of furan rings is 1. The molecule has 0 aliphatic carbocycles. The Balaban J connectivity index is 1.52. The summed E-state index contributed by atoms with van der Waals surface area (Å²) in [5, 5.41) is -0.163. The molecule has 0 spiro atoms. The van der Waals surface area contributed by atoms with Gasteiger partial charge in [0.05, 0.1) is 18.1 Å². The smallest absolute Gasteiger partial charge is 0.420 e. The van der Waals surface area contributed by atoms with Gasteiger partial charge in [-0.05, 0) is 29.7 Å². The van der Waals surface area contributed by atoms with Crippen molar-refractivity contribution in [1.29, 1.82) is 0 Å². The molecule has 0 unspecified atom stereocenters. The lowest BCUT2D eigenvalue weighted by atomic mass is 9.99. The molecule has 1 aliphatic rings. The summed E-state index contributed by atoms with van der Waals surface area (Å²) in [5.74, 6) is -0.509. The van der Waals surface area contributed by atoms with Crippen LogP contribution >= 0.6 is 11.6 Å². The van der Waals surface area contributed by atoms with Crippen LogP contribution in [0.3, 0.4) is 0 Å². The van der Waals surface area contributed by atoms with Gasteiger partial charge in [-0.25, -0.2) is 4.98 Å². The van der Waals surface area contributed by atoms with Crippen LogP contribution in [-0.4, -0.2) is 33.3 Å². The van der Waals surface area contributed by atoms with Gasteiger partial charge in [0.1, 0.15) is 5.15 Å². The van der Waals surface area contributed by atoms with Crippen molar-refractivity contribution in [1.82, 2.24) is 14.3 Å². The van der Waals surface area contributed by atoms with Crippen LogP contribution in [0.25, 0.3) is 22.3 Å². The van der Waals surface area contributed by atoms with E-state index < -0.39 is 23.3 Å². The quantitative estimate of drug-likeness (QED) is 0.357. The minimum absolute atomic E-state index is 0.163. The van der Waals surface area contributed by atoms with Crippen molar-refractivity contribution < 1.29 is 22.4 Å². The van der Waals surface area contributed by atoms with Crippen molar-refractivity contribution in [3.8, 4) is 11.1 Å². The highest BCUT2D eigenvalue weighted by Crippen LogP contribution is 2.37. The molecule has 5 nitrogen and oxygen atoms in total. The summed E-state index contributed by atoms with van der Waals surface area (Å²) < 4.78 is 47.6. The van der Waals surface area contributed by atoms with E-state index in [9.17, 15) is 18.0 Å². The second kappa shape index (κ2) is 8.12. The minimum atomic E-state index is -4.69. The topological polar surface area (TPSA) is 50.8 Å². The van der Waals surface area contributed by atoms with Crippen LogP contribution in [0.4, 0.5) is 13.2 Å². The van der Waals surface area contributed by atoms with Gasteiger partial charge in [-0.2, -0.15) is 13.2 Å². The second-order valence-corrected chi connectivity index (χ2v) is 8.05. The number of pyridine rings is 1. The van der Waals surface area contributed by atoms with Gasteiger partial charge in [0.2, 0.25) is 0 Å². The van der Waals surface area contributed by atoms with Gasteiger partial charge in [0.15, 0.2) is 11.3 Å². The number of nitrogens with zero attached hydrogens (tertiary/aromatic N) is 3. The van der Waals surface area contributed by atoms with Crippen LogP contribution < -0.4 is 0 Å². The lowest BCUT2D eigenvalue weighted by Gasteiger charge is -2.26. The van der Waals surface area contributed by atoms with E-state index in [0.29, 0.717) is 25.1 Å². The van der Waals surface area contributed by atoms with E-state index in [4.69, 9.17) is 16.0 Å². The molecule has 3 aromatic heterocycles. The first-order chi connectivity index (χ1) is 15.8. The van der Waals surface area contributed by atoms with Crippen LogP contribution in [0, 0.1) is 0 Å². The van der Waals surface area contributed by atoms with Gasteiger partial charge >= 0.3 is 6.18 Å². The first-order valence-corrected chi connectivity index (χ1v) is 10.6. The molecule has 0 saturated carbocycles. The highest BCUT2D eigenvalue weighted by atomic mass is 35.5. The number of rotatable bonds is 3. The third-order valence-corrected chi connectivity index (χ3v) is 6.03. The molecule has 33 heavy (non-hydrogen) atoms. The predicted octanol–water partition coefficient (Wildman–Crippen LogP) is 6.20. The molecular formula is C24H17ClF3N3O2. The zero-order valence-electron chi connectivity index (χ0n) is 17.1. The SMILES string of the molecule is O=C(c1nc2c(C(F)(F)F)cc(-c3ccoc3)cn2c1Cl)N1CC=C(c2ccccc2)CC1. The average molecular weight is 472 g/mol. The summed E-state index contributed by atoms with van der Waals surface area (Å²) in [5.41, 5.74) is 1.29. The van der Waals surface area contributed by atoms with Gasteiger partial charge in [-0.3, -0.25) is 9.20 Å². The lowest BCUT2D eigenvalue weighted by molar-refractivity contribution is -0.136. The Morgan fingerprint density at radius 1 is 1.09 bits per heavy atom. The van der Waals surface area contributed by atoms with Crippen LogP contribution in [0.5, 0.6) is 0 Å². The van der Waals surface area contributed by atoms with E-state index in [1.807, 2.05) is 36.4 Å². The molecule has 4 heterocycles. The third kappa shape index (κ3) is 3.91. The Bertz CT molecular complexity index is 1360. The third-order valence-electron chi connectivity index (χ3n) is 5.67. The molecule has 1 amide bonds. The molecule has 0 bridgehead atoms. The first kappa shape index (κ1) is 21.3. The number of aromatic nitrogens is 2. The number of imidazole rings is 1. The number of halogens is 4. The standard InChI is InChI=1S/C24H17ClF3N3O2/c25-21-20(23(32)30-9-6-16(7-10-30)15-4-2-1-3-5-15)29-22-19(24(26,27)28)12-18(13-31(21)22)17-8-11-33-14-17/h1-6,8,11-14H,7,9-10H2.